The SMILES string of the molecule is CCc1nc(C)ccc1OCC(=O)N1C[C@H](N)C[C@H]1C(=O)NC. The maximum Gasteiger partial charge on any atom is 0.261 e. The first-order chi connectivity index (χ1) is 11.0. The summed E-state index contributed by atoms with van der Waals surface area (Å²) in [5.74, 6) is 0.165. The van der Waals surface area contributed by atoms with Crippen LogP contribution in [0.15, 0.2) is 12.1 Å². The van der Waals surface area contributed by atoms with Crippen molar-refractivity contribution in [3.05, 3.63) is 23.5 Å². The molecule has 2 heterocycles. The predicted octanol–water partition coefficient (Wildman–Crippen LogP) is 0.00542. The fourth-order valence-electron chi connectivity index (χ4n) is 2.76. The maximum absolute atomic E-state index is 12.4. The molecule has 1 aromatic rings. The third-order valence-electron chi connectivity index (χ3n) is 3.96. The number of carbonyl (C=O) groups excluding carboxylic acids is 2. The number of hydrogen-bond acceptors (Lipinski definition) is 5. The lowest BCUT2D eigenvalue weighted by atomic mass is 10.1. The Morgan fingerprint density at radius 2 is 2.22 bits per heavy atom. The van der Waals surface area contributed by atoms with Crippen LogP contribution in [0, 0.1) is 6.92 Å². The molecule has 7 heteroatoms. The van der Waals surface area contributed by atoms with Gasteiger partial charge in [0.15, 0.2) is 6.61 Å². The molecule has 23 heavy (non-hydrogen) atoms. The summed E-state index contributed by atoms with van der Waals surface area (Å²) in [5.41, 5.74) is 7.62. The topological polar surface area (TPSA) is 97.6 Å². The summed E-state index contributed by atoms with van der Waals surface area (Å²) in [6.07, 6.45) is 1.19. The average molecular weight is 320 g/mol. The normalized spacial score (nSPS) is 20.4. The van der Waals surface area contributed by atoms with Crippen molar-refractivity contribution in [2.24, 2.45) is 5.73 Å². The van der Waals surface area contributed by atoms with Crippen molar-refractivity contribution in [1.29, 1.82) is 0 Å². The number of nitrogens with zero attached hydrogens (tertiary/aromatic N) is 2. The Morgan fingerprint density at radius 1 is 1.48 bits per heavy atom. The Balaban J connectivity index is 2.03. The minimum Gasteiger partial charge on any atom is -0.482 e. The summed E-state index contributed by atoms with van der Waals surface area (Å²) in [5, 5.41) is 2.57. The Hall–Kier alpha value is -2.15. The van der Waals surface area contributed by atoms with Gasteiger partial charge in [-0.1, -0.05) is 6.92 Å². The van der Waals surface area contributed by atoms with E-state index in [-0.39, 0.29) is 24.5 Å². The lowest BCUT2D eigenvalue weighted by Gasteiger charge is -2.23. The summed E-state index contributed by atoms with van der Waals surface area (Å²) in [6, 6.07) is 2.96. The Kier molecular flexibility index (Phi) is 5.54. The summed E-state index contributed by atoms with van der Waals surface area (Å²) in [6.45, 7) is 4.14. The molecule has 1 fully saturated rings. The number of pyridine rings is 1. The van der Waals surface area contributed by atoms with Gasteiger partial charge in [0.2, 0.25) is 5.91 Å². The van der Waals surface area contributed by atoms with Gasteiger partial charge >= 0.3 is 0 Å². The van der Waals surface area contributed by atoms with Gasteiger partial charge in [-0.25, -0.2) is 0 Å². The van der Waals surface area contributed by atoms with Crippen LogP contribution in [-0.4, -0.2) is 54.0 Å². The van der Waals surface area contributed by atoms with Crippen molar-refractivity contribution in [2.45, 2.75) is 38.8 Å². The number of rotatable bonds is 5. The highest BCUT2D eigenvalue weighted by Crippen LogP contribution is 2.20. The first-order valence-corrected chi connectivity index (χ1v) is 7.82. The quantitative estimate of drug-likeness (QED) is 0.796. The number of amides is 2. The van der Waals surface area contributed by atoms with Crippen LogP contribution in [0.4, 0.5) is 0 Å². The Morgan fingerprint density at radius 3 is 2.87 bits per heavy atom. The van der Waals surface area contributed by atoms with Crippen LogP contribution in [0.1, 0.15) is 24.7 Å². The number of nitrogens with one attached hydrogen (secondary N) is 1. The second-order valence-corrected chi connectivity index (χ2v) is 5.71. The molecule has 1 aliphatic rings. The second kappa shape index (κ2) is 7.41. The van der Waals surface area contributed by atoms with E-state index < -0.39 is 6.04 Å². The van der Waals surface area contributed by atoms with Gasteiger partial charge in [0, 0.05) is 25.3 Å². The highest BCUT2D eigenvalue weighted by molar-refractivity contribution is 5.88. The first-order valence-electron chi connectivity index (χ1n) is 7.82. The zero-order valence-corrected chi connectivity index (χ0v) is 13.8. The smallest absolute Gasteiger partial charge is 0.261 e. The molecule has 0 unspecified atom stereocenters. The number of likely N-dealkylation sites (tertiary alicyclic amines) is 1. The van der Waals surface area contributed by atoms with E-state index in [1.165, 1.54) is 4.90 Å². The molecule has 1 saturated heterocycles. The number of likely N-dealkylation sites (N-methyl/N-ethyl adjacent to an activating group) is 1. The number of ether oxygens (including phenoxy) is 1. The minimum atomic E-state index is -0.520. The van der Waals surface area contributed by atoms with E-state index in [1.807, 2.05) is 26.0 Å². The third kappa shape index (κ3) is 3.98. The van der Waals surface area contributed by atoms with Gasteiger partial charge < -0.3 is 20.7 Å². The van der Waals surface area contributed by atoms with Gasteiger partial charge in [0.05, 0.1) is 5.69 Å². The lowest BCUT2D eigenvalue weighted by molar-refractivity contribution is -0.139. The van der Waals surface area contributed by atoms with E-state index >= 15 is 0 Å². The third-order valence-corrected chi connectivity index (χ3v) is 3.96. The highest BCUT2D eigenvalue weighted by atomic mass is 16.5. The Bertz CT molecular complexity index is 591. The minimum absolute atomic E-state index is 0.127. The standard InChI is InChI=1S/C16H24N4O3/c1-4-12-14(6-5-10(2)19-12)23-9-15(21)20-8-11(17)7-13(20)16(22)18-3/h5-6,11,13H,4,7-9,17H2,1-3H3,(H,18,22)/t11-,13+/m1/s1. The van der Waals surface area contributed by atoms with Crippen LogP contribution >= 0.6 is 0 Å². The molecule has 0 spiro atoms. The van der Waals surface area contributed by atoms with E-state index in [4.69, 9.17) is 10.5 Å². The van der Waals surface area contributed by atoms with Gasteiger partial charge in [0.1, 0.15) is 11.8 Å². The molecule has 2 rings (SSSR count). The molecule has 2 amide bonds. The summed E-state index contributed by atoms with van der Waals surface area (Å²) >= 11 is 0. The molecule has 0 saturated carbocycles. The lowest BCUT2D eigenvalue weighted by Crippen LogP contribution is -2.46. The van der Waals surface area contributed by atoms with Crippen LogP contribution in [0.3, 0.4) is 0 Å². The van der Waals surface area contributed by atoms with Crippen LogP contribution in [0.5, 0.6) is 5.75 Å². The van der Waals surface area contributed by atoms with E-state index in [9.17, 15) is 9.59 Å². The van der Waals surface area contributed by atoms with Gasteiger partial charge in [-0.2, -0.15) is 0 Å². The molecule has 1 aromatic heterocycles. The summed E-state index contributed by atoms with van der Waals surface area (Å²) < 4.78 is 5.63. The molecular weight excluding hydrogens is 296 g/mol. The molecule has 0 radical (unpaired) electrons. The fourth-order valence-corrected chi connectivity index (χ4v) is 2.76. The van der Waals surface area contributed by atoms with Crippen molar-refractivity contribution in [3.63, 3.8) is 0 Å². The van der Waals surface area contributed by atoms with E-state index in [2.05, 4.69) is 10.3 Å². The molecule has 0 aromatic carbocycles. The molecule has 2 atom stereocenters. The fraction of sp³-hybridized carbons (Fsp3) is 0.562. The number of nitrogens with two attached hydrogens (primary N) is 1. The van der Waals surface area contributed by atoms with E-state index in [0.717, 1.165) is 17.8 Å². The molecule has 0 bridgehead atoms. The van der Waals surface area contributed by atoms with Crippen molar-refractivity contribution in [2.75, 3.05) is 20.2 Å². The Labute approximate surface area is 136 Å². The van der Waals surface area contributed by atoms with Gasteiger partial charge in [-0.3, -0.25) is 14.6 Å². The van der Waals surface area contributed by atoms with Gasteiger partial charge in [-0.15, -0.1) is 0 Å². The number of hydrogen-bond donors (Lipinski definition) is 2. The zero-order valence-electron chi connectivity index (χ0n) is 13.8. The molecule has 7 nitrogen and oxygen atoms in total. The van der Waals surface area contributed by atoms with Crippen LogP contribution < -0.4 is 15.8 Å². The van der Waals surface area contributed by atoms with Crippen LogP contribution in [0.2, 0.25) is 0 Å². The monoisotopic (exact) mass is 320 g/mol. The number of carbonyl (C=O) groups is 2. The van der Waals surface area contributed by atoms with Crippen LogP contribution in [-0.2, 0) is 16.0 Å². The number of aromatic nitrogens is 1. The van der Waals surface area contributed by atoms with Gasteiger partial charge in [0.25, 0.3) is 5.91 Å². The van der Waals surface area contributed by atoms with Crippen LogP contribution in [0.25, 0.3) is 0 Å². The van der Waals surface area contributed by atoms with Crippen molar-refractivity contribution in [1.82, 2.24) is 15.2 Å². The van der Waals surface area contributed by atoms with Crippen molar-refractivity contribution >= 4 is 11.8 Å². The van der Waals surface area contributed by atoms with Gasteiger partial charge in [-0.05, 0) is 31.9 Å². The first kappa shape index (κ1) is 17.2. The van der Waals surface area contributed by atoms with Crippen molar-refractivity contribution < 1.29 is 14.3 Å². The predicted molar refractivity (Wildman–Crippen MR) is 86.0 cm³/mol. The largest absolute Gasteiger partial charge is 0.482 e. The summed E-state index contributed by atoms with van der Waals surface area (Å²) in [7, 11) is 1.55. The molecule has 0 aliphatic carbocycles. The summed E-state index contributed by atoms with van der Waals surface area (Å²) in [4.78, 5) is 30.2. The zero-order chi connectivity index (χ0) is 17.0. The van der Waals surface area contributed by atoms with E-state index in [1.54, 1.807) is 7.05 Å². The molecule has 126 valence electrons. The highest BCUT2D eigenvalue weighted by Gasteiger charge is 2.37. The van der Waals surface area contributed by atoms with Crippen molar-refractivity contribution in [3.8, 4) is 5.75 Å². The molecule has 3 N–H and O–H groups in total. The van der Waals surface area contributed by atoms with E-state index in [0.29, 0.717) is 18.7 Å². The average Bonchev–Trinajstić information content (AvgIpc) is 2.94. The molecular formula is C16H24N4O3. The number of aryl methyl sites for hydroxylation is 2. The maximum atomic E-state index is 12.4. The second-order valence-electron chi connectivity index (χ2n) is 5.71. The molecule has 1 aliphatic heterocycles.